The predicted molar refractivity (Wildman–Crippen MR) is 85.8 cm³/mol. The molecule has 5 heteroatoms. The summed E-state index contributed by atoms with van der Waals surface area (Å²) in [6, 6.07) is 5.78. The lowest BCUT2D eigenvalue weighted by atomic mass is 9.91. The maximum atomic E-state index is 12.5. The molecule has 2 aromatic rings. The number of amides is 1. The molecule has 0 spiro atoms. The summed E-state index contributed by atoms with van der Waals surface area (Å²) < 4.78 is 0. The van der Waals surface area contributed by atoms with E-state index in [1.165, 1.54) is 0 Å². The molecule has 0 fully saturated rings. The highest BCUT2D eigenvalue weighted by Gasteiger charge is 2.28. The summed E-state index contributed by atoms with van der Waals surface area (Å²) in [6.45, 7) is 2.50. The van der Waals surface area contributed by atoms with E-state index in [1.54, 1.807) is 11.3 Å². The van der Waals surface area contributed by atoms with Crippen LogP contribution in [0.1, 0.15) is 40.5 Å². The van der Waals surface area contributed by atoms with Crippen LogP contribution in [-0.4, -0.2) is 10.9 Å². The van der Waals surface area contributed by atoms with Gasteiger partial charge < -0.3 is 5.32 Å². The summed E-state index contributed by atoms with van der Waals surface area (Å²) in [5.74, 6) is 0.0558. The first-order valence-corrected chi connectivity index (χ1v) is 8.36. The van der Waals surface area contributed by atoms with E-state index < -0.39 is 0 Å². The molecular weight excluding hydrogens is 304 g/mol. The fraction of sp³-hybridized carbons (Fsp3) is 0.375. The van der Waals surface area contributed by atoms with Gasteiger partial charge in [0.25, 0.3) is 0 Å². The second-order valence-corrected chi connectivity index (χ2v) is 6.64. The molecule has 1 aromatic carbocycles. The van der Waals surface area contributed by atoms with Crippen molar-refractivity contribution < 1.29 is 4.79 Å². The van der Waals surface area contributed by atoms with Crippen molar-refractivity contribution in [3.05, 3.63) is 50.4 Å². The van der Waals surface area contributed by atoms with E-state index in [2.05, 4.69) is 10.3 Å². The molecule has 21 heavy (non-hydrogen) atoms. The van der Waals surface area contributed by atoms with Gasteiger partial charge in [-0.25, -0.2) is 4.98 Å². The molecule has 1 N–H and O–H groups in total. The quantitative estimate of drug-likeness (QED) is 0.933. The van der Waals surface area contributed by atoms with Gasteiger partial charge in [-0.15, -0.1) is 11.3 Å². The van der Waals surface area contributed by atoms with Crippen LogP contribution in [0.2, 0.25) is 5.02 Å². The van der Waals surface area contributed by atoms with E-state index in [0.717, 1.165) is 46.0 Å². The summed E-state index contributed by atoms with van der Waals surface area (Å²) in [6.07, 6.45) is 2.94. The third kappa shape index (κ3) is 2.97. The highest BCUT2D eigenvalue weighted by molar-refractivity contribution is 7.10. The van der Waals surface area contributed by atoms with E-state index in [1.807, 2.05) is 30.6 Å². The molecule has 0 saturated carbocycles. The number of aryl methyl sites for hydroxylation is 1. The van der Waals surface area contributed by atoms with Crippen LogP contribution in [0, 0.1) is 6.92 Å². The van der Waals surface area contributed by atoms with E-state index in [4.69, 9.17) is 11.6 Å². The third-order valence-electron chi connectivity index (χ3n) is 4.04. The van der Waals surface area contributed by atoms with Crippen molar-refractivity contribution in [2.75, 3.05) is 0 Å². The highest BCUT2D eigenvalue weighted by Crippen LogP contribution is 2.34. The molecule has 1 unspecified atom stereocenters. The number of hydrogen-bond acceptors (Lipinski definition) is 3. The van der Waals surface area contributed by atoms with Crippen LogP contribution in [0.3, 0.4) is 0 Å². The fourth-order valence-corrected chi connectivity index (χ4v) is 3.92. The zero-order valence-electron chi connectivity index (χ0n) is 11.9. The molecule has 1 aliphatic rings. The van der Waals surface area contributed by atoms with Crippen molar-refractivity contribution in [2.24, 2.45) is 0 Å². The van der Waals surface area contributed by atoms with Crippen LogP contribution in [0.4, 0.5) is 0 Å². The van der Waals surface area contributed by atoms with Gasteiger partial charge in [0.15, 0.2) is 0 Å². The van der Waals surface area contributed by atoms with Crippen molar-refractivity contribution in [1.82, 2.24) is 10.3 Å². The number of rotatable bonds is 3. The fourth-order valence-electron chi connectivity index (χ4n) is 2.75. The lowest BCUT2D eigenvalue weighted by molar-refractivity contribution is -0.123. The van der Waals surface area contributed by atoms with Crippen molar-refractivity contribution in [3.63, 3.8) is 0 Å². The average Bonchev–Trinajstić information content (AvgIpc) is 2.96. The van der Waals surface area contributed by atoms with Gasteiger partial charge in [0.2, 0.25) is 5.91 Å². The maximum absolute atomic E-state index is 12.5. The van der Waals surface area contributed by atoms with Crippen LogP contribution >= 0.6 is 22.9 Å². The van der Waals surface area contributed by atoms with E-state index in [-0.39, 0.29) is 11.8 Å². The number of nitrogens with one attached hydrogen (secondary N) is 1. The number of thiazole rings is 1. The molecular formula is C16H17ClN2OS. The molecule has 0 saturated heterocycles. The zero-order chi connectivity index (χ0) is 14.8. The smallest absolute Gasteiger partial charge is 0.228 e. The Balaban J connectivity index is 1.70. The van der Waals surface area contributed by atoms with Crippen molar-refractivity contribution in [3.8, 4) is 0 Å². The maximum Gasteiger partial charge on any atom is 0.228 e. The summed E-state index contributed by atoms with van der Waals surface area (Å²) in [5.41, 5.74) is 5.04. The summed E-state index contributed by atoms with van der Waals surface area (Å²) in [4.78, 5) is 18.0. The summed E-state index contributed by atoms with van der Waals surface area (Å²) in [7, 11) is 0. The molecule has 0 radical (unpaired) electrons. The second kappa shape index (κ2) is 6.16. The van der Waals surface area contributed by atoms with Crippen LogP contribution in [0.25, 0.3) is 0 Å². The van der Waals surface area contributed by atoms with E-state index in [0.29, 0.717) is 6.54 Å². The van der Waals surface area contributed by atoms with Gasteiger partial charge in [-0.05, 0) is 43.4 Å². The Labute approximate surface area is 133 Å². The van der Waals surface area contributed by atoms with Crippen molar-refractivity contribution in [2.45, 2.75) is 38.6 Å². The monoisotopic (exact) mass is 320 g/mol. The molecule has 3 nitrogen and oxygen atoms in total. The minimum atomic E-state index is -0.0410. The Kier molecular flexibility index (Phi) is 4.27. The molecule has 3 rings (SSSR count). The van der Waals surface area contributed by atoms with Crippen LogP contribution in [0.15, 0.2) is 23.7 Å². The van der Waals surface area contributed by atoms with E-state index >= 15 is 0 Å². The molecule has 1 aromatic heterocycles. The van der Waals surface area contributed by atoms with E-state index in [9.17, 15) is 4.79 Å². The Bertz CT molecular complexity index is 668. The van der Waals surface area contributed by atoms with Crippen LogP contribution < -0.4 is 5.32 Å². The van der Waals surface area contributed by atoms with Gasteiger partial charge in [0, 0.05) is 16.4 Å². The van der Waals surface area contributed by atoms with Gasteiger partial charge in [0.05, 0.1) is 17.1 Å². The normalized spacial score (nSPS) is 17.3. The van der Waals surface area contributed by atoms with Gasteiger partial charge in [-0.3, -0.25) is 4.79 Å². The number of benzene rings is 1. The second-order valence-electron chi connectivity index (χ2n) is 5.35. The number of fused-ring (bicyclic) bond motifs is 1. The lowest BCUT2D eigenvalue weighted by Gasteiger charge is -2.21. The number of halogens is 1. The van der Waals surface area contributed by atoms with Crippen molar-refractivity contribution >= 4 is 28.8 Å². The number of nitrogens with zero attached hydrogens (tertiary/aromatic N) is 1. The zero-order valence-corrected chi connectivity index (χ0v) is 13.4. The topological polar surface area (TPSA) is 42.0 Å². The van der Waals surface area contributed by atoms with Crippen molar-refractivity contribution in [1.29, 1.82) is 0 Å². The standard InChI is InChI=1S/C16H17ClN2OS/c1-10-11(4-2-6-13(10)17)8-18-16(20)12-5-3-7-14-15(12)21-9-19-14/h2,4,6,9,12H,3,5,7-8H2,1H3,(H,18,20). The number of carbonyl (C=O) groups is 1. The Hall–Kier alpha value is -1.39. The molecule has 1 amide bonds. The molecule has 1 heterocycles. The van der Waals surface area contributed by atoms with Crippen LogP contribution in [-0.2, 0) is 17.8 Å². The SMILES string of the molecule is Cc1c(Cl)cccc1CNC(=O)C1CCCc2ncsc21. The predicted octanol–water partition coefficient (Wildman–Crippen LogP) is 3.84. The van der Waals surface area contributed by atoms with Gasteiger partial charge in [-0.1, -0.05) is 23.7 Å². The highest BCUT2D eigenvalue weighted by atomic mass is 35.5. The minimum Gasteiger partial charge on any atom is -0.351 e. The number of aromatic nitrogens is 1. The van der Waals surface area contributed by atoms with Gasteiger partial charge in [0.1, 0.15) is 0 Å². The Morgan fingerprint density at radius 2 is 2.38 bits per heavy atom. The molecule has 1 aliphatic carbocycles. The first-order chi connectivity index (χ1) is 10.2. The molecule has 0 bridgehead atoms. The number of carbonyl (C=O) groups excluding carboxylic acids is 1. The average molecular weight is 321 g/mol. The first-order valence-electron chi connectivity index (χ1n) is 7.11. The Morgan fingerprint density at radius 3 is 3.24 bits per heavy atom. The van der Waals surface area contributed by atoms with Gasteiger partial charge in [-0.2, -0.15) is 0 Å². The largest absolute Gasteiger partial charge is 0.351 e. The summed E-state index contributed by atoms with van der Waals surface area (Å²) in [5, 5.41) is 3.79. The van der Waals surface area contributed by atoms with Gasteiger partial charge >= 0.3 is 0 Å². The summed E-state index contributed by atoms with van der Waals surface area (Å²) >= 11 is 7.71. The molecule has 1 atom stereocenters. The third-order valence-corrected chi connectivity index (χ3v) is 5.44. The van der Waals surface area contributed by atoms with Crippen LogP contribution in [0.5, 0.6) is 0 Å². The molecule has 110 valence electrons. The Morgan fingerprint density at radius 1 is 1.52 bits per heavy atom. The minimum absolute atomic E-state index is 0.0410. The lowest BCUT2D eigenvalue weighted by Crippen LogP contribution is -2.30. The first kappa shape index (κ1) is 14.5. The molecule has 0 aliphatic heterocycles. The number of hydrogen-bond donors (Lipinski definition) is 1.